The lowest BCUT2D eigenvalue weighted by Crippen LogP contribution is -2.51. The number of amides is 2. The Balaban J connectivity index is 1.50. The molecule has 1 aliphatic rings. The standard InChI is InChI=1S/C23H29ClN4O2/c1-16(2)21(27-22(29)19-5-3-4-6-20(19)24)23(30)26-15-17-9-13-28(14-10-17)18-7-11-25-12-8-18/h3-8,11-12,16-17,21H,9-10,13-15H2,1-2H3,(H,26,30)(H,27,29)/t21-/m1/s1. The molecule has 160 valence electrons. The summed E-state index contributed by atoms with van der Waals surface area (Å²) in [5.74, 6) is -0.0915. The number of pyridine rings is 1. The van der Waals surface area contributed by atoms with Gasteiger partial charge in [0.2, 0.25) is 5.91 Å². The van der Waals surface area contributed by atoms with Gasteiger partial charge in [-0.05, 0) is 48.9 Å². The van der Waals surface area contributed by atoms with E-state index >= 15 is 0 Å². The van der Waals surface area contributed by atoms with Crippen molar-refractivity contribution in [1.82, 2.24) is 15.6 Å². The van der Waals surface area contributed by atoms with Crippen LogP contribution in [0.15, 0.2) is 48.8 Å². The number of nitrogens with one attached hydrogen (secondary N) is 2. The first-order chi connectivity index (χ1) is 14.5. The summed E-state index contributed by atoms with van der Waals surface area (Å²) < 4.78 is 0. The number of hydrogen-bond acceptors (Lipinski definition) is 4. The second-order valence-electron chi connectivity index (χ2n) is 8.06. The van der Waals surface area contributed by atoms with Gasteiger partial charge in [0.05, 0.1) is 10.6 Å². The Labute approximate surface area is 183 Å². The minimum absolute atomic E-state index is 0.0371. The van der Waals surface area contributed by atoms with Crippen molar-refractivity contribution < 1.29 is 9.59 Å². The van der Waals surface area contributed by atoms with Crippen LogP contribution in [-0.2, 0) is 4.79 Å². The molecule has 1 atom stereocenters. The predicted molar refractivity (Wildman–Crippen MR) is 120 cm³/mol. The van der Waals surface area contributed by atoms with Crippen molar-refractivity contribution in [3.8, 4) is 0 Å². The van der Waals surface area contributed by atoms with Crippen LogP contribution in [0, 0.1) is 11.8 Å². The Kier molecular flexibility index (Phi) is 7.69. The molecule has 0 unspecified atom stereocenters. The number of aromatic nitrogens is 1. The van der Waals surface area contributed by atoms with Gasteiger partial charge in [-0.2, -0.15) is 0 Å². The second kappa shape index (κ2) is 10.4. The molecule has 0 spiro atoms. The van der Waals surface area contributed by atoms with Crippen LogP contribution in [0.2, 0.25) is 5.02 Å². The van der Waals surface area contributed by atoms with Gasteiger partial charge in [0, 0.05) is 37.7 Å². The van der Waals surface area contributed by atoms with Gasteiger partial charge < -0.3 is 15.5 Å². The van der Waals surface area contributed by atoms with Gasteiger partial charge in [-0.3, -0.25) is 14.6 Å². The number of nitrogens with zero attached hydrogens (tertiary/aromatic N) is 2. The first-order valence-electron chi connectivity index (χ1n) is 10.4. The fourth-order valence-electron chi connectivity index (χ4n) is 3.70. The van der Waals surface area contributed by atoms with Crippen molar-refractivity contribution in [2.45, 2.75) is 32.7 Å². The maximum absolute atomic E-state index is 12.8. The van der Waals surface area contributed by atoms with Gasteiger partial charge in [0.15, 0.2) is 0 Å². The van der Waals surface area contributed by atoms with Crippen molar-refractivity contribution in [3.05, 3.63) is 59.4 Å². The molecule has 2 heterocycles. The average molecular weight is 429 g/mol. The summed E-state index contributed by atoms with van der Waals surface area (Å²) in [4.78, 5) is 31.8. The van der Waals surface area contributed by atoms with Gasteiger partial charge in [-0.25, -0.2) is 0 Å². The number of piperidine rings is 1. The quantitative estimate of drug-likeness (QED) is 0.707. The van der Waals surface area contributed by atoms with Crippen molar-refractivity contribution in [1.29, 1.82) is 0 Å². The van der Waals surface area contributed by atoms with Crippen LogP contribution in [0.25, 0.3) is 0 Å². The summed E-state index contributed by atoms with van der Waals surface area (Å²) in [6.07, 6.45) is 5.65. The predicted octanol–water partition coefficient (Wildman–Crippen LogP) is 3.52. The van der Waals surface area contributed by atoms with E-state index in [0.717, 1.165) is 25.9 Å². The van der Waals surface area contributed by atoms with E-state index in [4.69, 9.17) is 11.6 Å². The third-order valence-corrected chi connectivity index (χ3v) is 5.89. The first-order valence-corrected chi connectivity index (χ1v) is 10.8. The molecule has 1 aromatic heterocycles. The number of benzene rings is 1. The molecule has 1 aliphatic heterocycles. The normalized spacial score (nSPS) is 15.7. The molecule has 2 amide bonds. The monoisotopic (exact) mass is 428 g/mol. The van der Waals surface area contributed by atoms with Crippen molar-refractivity contribution in [2.24, 2.45) is 11.8 Å². The van der Waals surface area contributed by atoms with Crippen LogP contribution in [0.1, 0.15) is 37.0 Å². The largest absolute Gasteiger partial charge is 0.371 e. The highest BCUT2D eigenvalue weighted by atomic mass is 35.5. The highest BCUT2D eigenvalue weighted by Crippen LogP contribution is 2.22. The molecule has 0 saturated carbocycles. The highest BCUT2D eigenvalue weighted by Gasteiger charge is 2.27. The molecule has 0 bridgehead atoms. The molecule has 0 aliphatic carbocycles. The number of carbonyl (C=O) groups is 2. The molecule has 1 fully saturated rings. The van der Waals surface area contributed by atoms with Crippen LogP contribution in [0.5, 0.6) is 0 Å². The summed E-state index contributed by atoms with van der Waals surface area (Å²) in [6, 6.07) is 10.3. The number of hydrogen-bond donors (Lipinski definition) is 2. The van der Waals surface area contributed by atoms with Crippen molar-refractivity contribution in [3.63, 3.8) is 0 Å². The number of anilines is 1. The van der Waals surface area contributed by atoms with E-state index in [1.165, 1.54) is 5.69 Å². The molecule has 6 nitrogen and oxygen atoms in total. The van der Waals surface area contributed by atoms with E-state index in [0.29, 0.717) is 23.0 Å². The lowest BCUT2D eigenvalue weighted by Gasteiger charge is -2.34. The Morgan fingerprint density at radius 2 is 1.80 bits per heavy atom. The van der Waals surface area contributed by atoms with E-state index in [2.05, 4.69) is 20.5 Å². The molecule has 7 heteroatoms. The lowest BCUT2D eigenvalue weighted by molar-refractivity contribution is -0.124. The van der Waals surface area contributed by atoms with Crippen LogP contribution in [0.4, 0.5) is 5.69 Å². The summed E-state index contributed by atoms with van der Waals surface area (Å²) >= 11 is 6.11. The van der Waals surface area contributed by atoms with Gasteiger partial charge in [0.25, 0.3) is 5.91 Å². The van der Waals surface area contributed by atoms with E-state index in [1.54, 1.807) is 24.3 Å². The Hall–Kier alpha value is -2.60. The SMILES string of the molecule is CC(C)[C@@H](NC(=O)c1ccccc1Cl)C(=O)NCC1CCN(c2ccncc2)CC1. The van der Waals surface area contributed by atoms with Gasteiger partial charge in [-0.15, -0.1) is 0 Å². The lowest BCUT2D eigenvalue weighted by atomic mass is 9.95. The van der Waals surface area contributed by atoms with Gasteiger partial charge >= 0.3 is 0 Å². The van der Waals surface area contributed by atoms with Crippen LogP contribution in [-0.4, -0.2) is 42.5 Å². The number of halogens is 1. The zero-order valence-corrected chi connectivity index (χ0v) is 18.2. The molecule has 0 radical (unpaired) electrons. The molecular formula is C23H29ClN4O2. The van der Waals surface area contributed by atoms with Gasteiger partial charge in [0.1, 0.15) is 6.04 Å². The second-order valence-corrected chi connectivity index (χ2v) is 8.46. The summed E-state index contributed by atoms with van der Waals surface area (Å²) in [7, 11) is 0. The minimum atomic E-state index is -0.606. The van der Waals surface area contributed by atoms with Crippen LogP contribution < -0.4 is 15.5 Å². The average Bonchev–Trinajstić information content (AvgIpc) is 2.76. The molecule has 3 rings (SSSR count). The van der Waals surface area contributed by atoms with E-state index in [-0.39, 0.29) is 17.7 Å². The molecule has 30 heavy (non-hydrogen) atoms. The zero-order chi connectivity index (χ0) is 21.5. The maximum atomic E-state index is 12.8. The third kappa shape index (κ3) is 5.72. The molecule has 2 N–H and O–H groups in total. The Morgan fingerprint density at radius 1 is 1.13 bits per heavy atom. The van der Waals surface area contributed by atoms with Crippen LogP contribution in [0.3, 0.4) is 0 Å². The highest BCUT2D eigenvalue weighted by molar-refractivity contribution is 6.33. The number of carbonyl (C=O) groups excluding carboxylic acids is 2. The summed E-state index contributed by atoms with van der Waals surface area (Å²) in [5, 5.41) is 6.26. The molecule has 1 aromatic carbocycles. The van der Waals surface area contributed by atoms with E-state index in [1.807, 2.05) is 38.4 Å². The summed E-state index contributed by atoms with van der Waals surface area (Å²) in [6.45, 7) is 6.38. The first kappa shape index (κ1) is 22.1. The summed E-state index contributed by atoms with van der Waals surface area (Å²) in [5.41, 5.74) is 1.57. The third-order valence-electron chi connectivity index (χ3n) is 5.56. The Morgan fingerprint density at radius 3 is 2.43 bits per heavy atom. The van der Waals surface area contributed by atoms with Gasteiger partial charge in [-0.1, -0.05) is 37.6 Å². The molecule has 2 aromatic rings. The minimum Gasteiger partial charge on any atom is -0.371 e. The maximum Gasteiger partial charge on any atom is 0.253 e. The fourth-order valence-corrected chi connectivity index (χ4v) is 3.93. The molecular weight excluding hydrogens is 400 g/mol. The zero-order valence-electron chi connectivity index (χ0n) is 17.5. The van der Waals surface area contributed by atoms with E-state index < -0.39 is 6.04 Å². The van der Waals surface area contributed by atoms with E-state index in [9.17, 15) is 9.59 Å². The smallest absolute Gasteiger partial charge is 0.253 e. The topological polar surface area (TPSA) is 74.3 Å². The Bertz CT molecular complexity index is 851. The molecule has 1 saturated heterocycles. The fraction of sp³-hybridized carbons (Fsp3) is 0.435. The van der Waals surface area contributed by atoms with Crippen molar-refractivity contribution in [2.75, 3.05) is 24.5 Å². The van der Waals surface area contributed by atoms with Crippen molar-refractivity contribution >= 4 is 29.1 Å². The van der Waals surface area contributed by atoms with Crippen LogP contribution >= 0.6 is 11.6 Å². The number of rotatable bonds is 7.